The van der Waals surface area contributed by atoms with Crippen molar-refractivity contribution >= 4 is 35.0 Å². The molecule has 6 heteroatoms. The molecule has 2 aromatic carbocycles. The average molecular weight is 435 g/mol. The average Bonchev–Trinajstić information content (AvgIpc) is 2.71. The van der Waals surface area contributed by atoms with Crippen LogP contribution in [0.1, 0.15) is 38.3 Å². The number of benzene rings is 2. The zero-order chi connectivity index (χ0) is 21.4. The number of nitrogens with zero attached hydrogens (tertiary/aromatic N) is 1. The Morgan fingerprint density at radius 1 is 1.00 bits per heavy atom. The van der Waals surface area contributed by atoms with Crippen LogP contribution in [-0.2, 0) is 22.6 Å². The van der Waals surface area contributed by atoms with Gasteiger partial charge in [0.25, 0.3) is 0 Å². The van der Waals surface area contributed by atoms with E-state index in [1.165, 1.54) is 0 Å². The van der Waals surface area contributed by atoms with E-state index in [1.807, 2.05) is 50.2 Å². The van der Waals surface area contributed by atoms with Crippen LogP contribution in [0.25, 0.3) is 0 Å². The standard InChI is InChI=1S/C23H28Cl2N2O2/c1-4-22(28)27(15-18-10-11-19(24)20(25)12-18)21(23(29)26-14-16(2)3)13-17-8-6-5-7-9-17/h5-12,16,21H,4,13-15H2,1-3H3,(H,26,29)/t21-/m1/s1. The van der Waals surface area contributed by atoms with E-state index in [9.17, 15) is 9.59 Å². The minimum Gasteiger partial charge on any atom is -0.354 e. The summed E-state index contributed by atoms with van der Waals surface area (Å²) in [6.07, 6.45) is 0.752. The zero-order valence-corrected chi connectivity index (χ0v) is 18.6. The number of carbonyl (C=O) groups excluding carboxylic acids is 2. The Morgan fingerprint density at radius 2 is 1.69 bits per heavy atom. The van der Waals surface area contributed by atoms with Gasteiger partial charge in [-0.1, -0.05) is 80.4 Å². The van der Waals surface area contributed by atoms with Gasteiger partial charge in [0.2, 0.25) is 11.8 Å². The maximum Gasteiger partial charge on any atom is 0.243 e. The molecule has 1 atom stereocenters. The fraction of sp³-hybridized carbons (Fsp3) is 0.391. The number of hydrogen-bond acceptors (Lipinski definition) is 2. The second-order valence-corrected chi connectivity index (χ2v) is 8.28. The third-order valence-electron chi connectivity index (χ3n) is 4.60. The molecule has 0 radical (unpaired) electrons. The summed E-state index contributed by atoms with van der Waals surface area (Å²) in [7, 11) is 0. The number of nitrogens with one attached hydrogen (secondary N) is 1. The van der Waals surface area contributed by atoms with Gasteiger partial charge in [0.1, 0.15) is 6.04 Å². The summed E-state index contributed by atoms with van der Waals surface area (Å²) < 4.78 is 0. The van der Waals surface area contributed by atoms with Gasteiger partial charge < -0.3 is 10.2 Å². The summed E-state index contributed by atoms with van der Waals surface area (Å²) in [5.41, 5.74) is 1.83. The van der Waals surface area contributed by atoms with Crippen LogP contribution in [0.5, 0.6) is 0 Å². The predicted molar refractivity (Wildman–Crippen MR) is 119 cm³/mol. The molecule has 2 rings (SSSR count). The second kappa shape index (κ2) is 11.2. The normalized spacial score (nSPS) is 11.9. The van der Waals surface area contributed by atoms with Crippen LogP contribution in [0, 0.1) is 5.92 Å². The molecule has 0 aliphatic rings. The van der Waals surface area contributed by atoms with Gasteiger partial charge in [-0.3, -0.25) is 9.59 Å². The molecule has 0 bridgehead atoms. The highest BCUT2D eigenvalue weighted by Crippen LogP contribution is 2.24. The Bertz CT molecular complexity index is 825. The van der Waals surface area contributed by atoms with E-state index < -0.39 is 6.04 Å². The summed E-state index contributed by atoms with van der Waals surface area (Å²) in [4.78, 5) is 27.5. The van der Waals surface area contributed by atoms with Gasteiger partial charge in [-0.2, -0.15) is 0 Å². The van der Waals surface area contributed by atoms with E-state index in [2.05, 4.69) is 5.32 Å². The van der Waals surface area contributed by atoms with Crippen molar-refractivity contribution in [3.05, 3.63) is 69.7 Å². The Kier molecular flexibility index (Phi) is 8.99. The minimum absolute atomic E-state index is 0.0864. The topological polar surface area (TPSA) is 49.4 Å². The van der Waals surface area contributed by atoms with E-state index in [4.69, 9.17) is 23.2 Å². The Hall–Kier alpha value is -2.04. The summed E-state index contributed by atoms with van der Waals surface area (Å²) in [6, 6.07) is 14.4. The quantitative estimate of drug-likeness (QED) is 0.595. The van der Waals surface area contributed by atoms with E-state index in [-0.39, 0.29) is 18.4 Å². The molecule has 156 valence electrons. The monoisotopic (exact) mass is 434 g/mol. The van der Waals surface area contributed by atoms with Gasteiger partial charge in [-0.25, -0.2) is 0 Å². The third-order valence-corrected chi connectivity index (χ3v) is 5.33. The van der Waals surface area contributed by atoms with Crippen molar-refractivity contribution < 1.29 is 9.59 Å². The first-order valence-electron chi connectivity index (χ1n) is 9.86. The lowest BCUT2D eigenvalue weighted by molar-refractivity contribution is -0.141. The van der Waals surface area contributed by atoms with Crippen LogP contribution < -0.4 is 5.32 Å². The van der Waals surface area contributed by atoms with Gasteiger partial charge >= 0.3 is 0 Å². The highest BCUT2D eigenvalue weighted by Gasteiger charge is 2.29. The molecular weight excluding hydrogens is 407 g/mol. The van der Waals surface area contributed by atoms with Gasteiger partial charge in [0.05, 0.1) is 10.0 Å². The van der Waals surface area contributed by atoms with Crippen molar-refractivity contribution in [2.24, 2.45) is 5.92 Å². The molecule has 0 saturated heterocycles. The molecule has 0 saturated carbocycles. The Morgan fingerprint density at radius 3 is 2.28 bits per heavy atom. The van der Waals surface area contributed by atoms with Crippen LogP contribution in [0.15, 0.2) is 48.5 Å². The predicted octanol–water partition coefficient (Wildman–Crippen LogP) is 5.12. The van der Waals surface area contributed by atoms with Gasteiger partial charge in [-0.15, -0.1) is 0 Å². The number of amides is 2. The molecule has 4 nitrogen and oxygen atoms in total. The fourth-order valence-electron chi connectivity index (χ4n) is 3.01. The SMILES string of the molecule is CCC(=O)N(Cc1ccc(Cl)c(Cl)c1)[C@H](Cc1ccccc1)C(=O)NCC(C)C. The molecule has 0 unspecified atom stereocenters. The van der Waals surface area contributed by atoms with E-state index in [0.717, 1.165) is 11.1 Å². The third kappa shape index (κ3) is 7.06. The summed E-state index contributed by atoms with van der Waals surface area (Å²) in [6.45, 7) is 6.73. The zero-order valence-electron chi connectivity index (χ0n) is 17.1. The highest BCUT2D eigenvalue weighted by molar-refractivity contribution is 6.42. The number of rotatable bonds is 9. The minimum atomic E-state index is -0.613. The highest BCUT2D eigenvalue weighted by atomic mass is 35.5. The van der Waals surface area contributed by atoms with Crippen LogP contribution in [-0.4, -0.2) is 29.3 Å². The molecule has 0 heterocycles. The van der Waals surface area contributed by atoms with Gasteiger partial charge in [-0.05, 0) is 29.2 Å². The molecule has 29 heavy (non-hydrogen) atoms. The van der Waals surface area contributed by atoms with E-state index >= 15 is 0 Å². The van der Waals surface area contributed by atoms with Gasteiger partial charge in [0.15, 0.2) is 0 Å². The van der Waals surface area contributed by atoms with Crippen LogP contribution in [0.2, 0.25) is 10.0 Å². The summed E-state index contributed by atoms with van der Waals surface area (Å²) in [5.74, 6) is 0.0860. The first-order valence-corrected chi connectivity index (χ1v) is 10.6. The van der Waals surface area contributed by atoms with Crippen LogP contribution >= 0.6 is 23.2 Å². The summed E-state index contributed by atoms with van der Waals surface area (Å²) in [5, 5.41) is 3.87. The van der Waals surface area contributed by atoms with E-state index in [0.29, 0.717) is 35.3 Å². The van der Waals surface area contributed by atoms with Crippen molar-refractivity contribution in [2.75, 3.05) is 6.54 Å². The van der Waals surface area contributed by atoms with E-state index in [1.54, 1.807) is 24.0 Å². The van der Waals surface area contributed by atoms with Crippen molar-refractivity contribution in [2.45, 2.75) is 46.2 Å². The molecule has 2 amide bonds. The smallest absolute Gasteiger partial charge is 0.243 e. The molecule has 0 aliphatic heterocycles. The molecule has 1 N–H and O–H groups in total. The molecule has 0 fully saturated rings. The van der Waals surface area contributed by atoms with Crippen molar-refractivity contribution in [1.29, 1.82) is 0 Å². The first-order chi connectivity index (χ1) is 13.8. The fourth-order valence-corrected chi connectivity index (χ4v) is 3.33. The molecule has 0 aliphatic carbocycles. The van der Waals surface area contributed by atoms with Crippen molar-refractivity contribution in [3.8, 4) is 0 Å². The number of halogens is 2. The molecule has 0 aromatic heterocycles. The first kappa shape index (κ1) is 23.2. The lowest BCUT2D eigenvalue weighted by Gasteiger charge is -2.31. The van der Waals surface area contributed by atoms with Crippen molar-refractivity contribution in [1.82, 2.24) is 10.2 Å². The van der Waals surface area contributed by atoms with Crippen LogP contribution in [0.3, 0.4) is 0 Å². The van der Waals surface area contributed by atoms with Crippen LogP contribution in [0.4, 0.5) is 0 Å². The number of carbonyl (C=O) groups is 2. The van der Waals surface area contributed by atoms with Crippen molar-refractivity contribution in [3.63, 3.8) is 0 Å². The molecule has 2 aromatic rings. The second-order valence-electron chi connectivity index (χ2n) is 7.47. The maximum absolute atomic E-state index is 13.1. The maximum atomic E-state index is 13.1. The molecule has 0 spiro atoms. The van der Waals surface area contributed by atoms with Gasteiger partial charge in [0, 0.05) is 25.9 Å². The largest absolute Gasteiger partial charge is 0.354 e. The Labute approximate surface area is 183 Å². The lowest BCUT2D eigenvalue weighted by atomic mass is 10.0. The summed E-state index contributed by atoms with van der Waals surface area (Å²) >= 11 is 12.2. The molecular formula is C23H28Cl2N2O2. The lowest BCUT2D eigenvalue weighted by Crippen LogP contribution is -2.50. The number of hydrogen-bond donors (Lipinski definition) is 1. The Balaban J connectivity index is 2.34.